The van der Waals surface area contributed by atoms with Crippen molar-refractivity contribution in [2.75, 3.05) is 6.61 Å². The van der Waals surface area contributed by atoms with Gasteiger partial charge in [0.25, 0.3) is 0 Å². The van der Waals surface area contributed by atoms with E-state index in [9.17, 15) is 20.4 Å². The lowest BCUT2D eigenvalue weighted by Crippen LogP contribution is -2.54. The molecule has 3 aliphatic rings. The summed E-state index contributed by atoms with van der Waals surface area (Å²) in [5, 5.41) is 40.7. The number of epoxide rings is 1. The Kier molecular flexibility index (Phi) is 6.98. The first-order valence-electron chi connectivity index (χ1n) is 10.7. The van der Waals surface area contributed by atoms with Gasteiger partial charge in [-0.25, -0.2) is 0 Å². The molecule has 27 heavy (non-hydrogen) atoms. The molecule has 0 amide bonds. The molecule has 2 fully saturated rings. The molecule has 2 heterocycles. The summed E-state index contributed by atoms with van der Waals surface area (Å²) in [5.74, 6) is -0.382. The van der Waals surface area contributed by atoms with Gasteiger partial charge in [-0.3, -0.25) is 0 Å². The molecule has 8 atom stereocenters. The summed E-state index contributed by atoms with van der Waals surface area (Å²) in [7, 11) is 0. The second-order valence-electron chi connectivity index (χ2n) is 8.46. The standard InChI is InChI=1S/C21H36O6/c1-3-5-7-9-14-11-16(23)15(10-13(14)8-6-4-2)21-20(27-21)19(25)18(24)17(12-22)26-21/h10,13-14,16-20,22-25H,3-9,11-12H2,1-2H3. The highest BCUT2D eigenvalue weighted by Crippen LogP contribution is 2.54. The summed E-state index contributed by atoms with van der Waals surface area (Å²) in [4.78, 5) is 0. The molecule has 156 valence electrons. The molecule has 0 aromatic carbocycles. The third kappa shape index (κ3) is 4.11. The Morgan fingerprint density at radius 1 is 1.00 bits per heavy atom. The van der Waals surface area contributed by atoms with E-state index in [1.807, 2.05) is 0 Å². The molecule has 2 aliphatic heterocycles. The van der Waals surface area contributed by atoms with Crippen LogP contribution in [0.2, 0.25) is 0 Å². The van der Waals surface area contributed by atoms with Crippen molar-refractivity contribution in [3.8, 4) is 0 Å². The van der Waals surface area contributed by atoms with E-state index in [4.69, 9.17) is 9.47 Å². The van der Waals surface area contributed by atoms with Crippen LogP contribution in [0.25, 0.3) is 0 Å². The molecule has 6 heteroatoms. The van der Waals surface area contributed by atoms with Crippen molar-refractivity contribution in [3.63, 3.8) is 0 Å². The van der Waals surface area contributed by atoms with Crippen LogP contribution in [0.5, 0.6) is 0 Å². The highest BCUT2D eigenvalue weighted by molar-refractivity contribution is 5.33. The first kappa shape index (κ1) is 21.2. The smallest absolute Gasteiger partial charge is 0.224 e. The quantitative estimate of drug-likeness (QED) is 0.275. The zero-order chi connectivity index (χ0) is 19.6. The van der Waals surface area contributed by atoms with E-state index < -0.39 is 42.9 Å². The monoisotopic (exact) mass is 384 g/mol. The number of fused-ring (bicyclic) bond motifs is 1. The second kappa shape index (κ2) is 8.89. The first-order chi connectivity index (χ1) is 13.0. The summed E-state index contributed by atoms with van der Waals surface area (Å²) in [6.07, 6.45) is 6.22. The van der Waals surface area contributed by atoms with Gasteiger partial charge in [0.1, 0.15) is 24.4 Å². The molecule has 1 aliphatic carbocycles. The van der Waals surface area contributed by atoms with E-state index >= 15 is 0 Å². The van der Waals surface area contributed by atoms with Gasteiger partial charge in [-0.1, -0.05) is 52.0 Å². The molecular weight excluding hydrogens is 348 g/mol. The molecule has 4 N–H and O–H groups in total. The molecule has 0 saturated carbocycles. The lowest BCUT2D eigenvalue weighted by atomic mass is 9.72. The van der Waals surface area contributed by atoms with Crippen LogP contribution in [-0.4, -0.2) is 63.3 Å². The number of unbranched alkanes of at least 4 members (excludes halogenated alkanes) is 3. The summed E-state index contributed by atoms with van der Waals surface area (Å²) in [6.45, 7) is 3.98. The van der Waals surface area contributed by atoms with Gasteiger partial charge in [0.2, 0.25) is 5.79 Å². The molecule has 0 aromatic rings. The number of hydrogen-bond donors (Lipinski definition) is 4. The fraction of sp³-hybridized carbons (Fsp3) is 0.905. The lowest BCUT2D eigenvalue weighted by Gasteiger charge is -2.39. The van der Waals surface area contributed by atoms with Crippen molar-refractivity contribution in [2.45, 2.75) is 102 Å². The topological polar surface area (TPSA) is 103 Å². The predicted octanol–water partition coefficient (Wildman–Crippen LogP) is 1.89. The van der Waals surface area contributed by atoms with Gasteiger partial charge >= 0.3 is 0 Å². The van der Waals surface area contributed by atoms with Gasteiger partial charge in [-0.05, 0) is 31.1 Å². The molecule has 0 bridgehead atoms. The average Bonchev–Trinajstić information content (AvgIpc) is 3.40. The van der Waals surface area contributed by atoms with E-state index in [0.29, 0.717) is 23.8 Å². The predicted molar refractivity (Wildman–Crippen MR) is 101 cm³/mol. The highest BCUT2D eigenvalue weighted by Gasteiger charge is 2.71. The van der Waals surface area contributed by atoms with Crippen molar-refractivity contribution >= 4 is 0 Å². The number of aliphatic hydroxyl groups is 4. The van der Waals surface area contributed by atoms with Crippen molar-refractivity contribution in [1.82, 2.24) is 0 Å². The normalized spacial score (nSPS) is 43.9. The van der Waals surface area contributed by atoms with Gasteiger partial charge in [-0.2, -0.15) is 0 Å². The zero-order valence-electron chi connectivity index (χ0n) is 16.6. The van der Waals surface area contributed by atoms with Crippen molar-refractivity contribution in [3.05, 3.63) is 11.6 Å². The van der Waals surface area contributed by atoms with E-state index in [-0.39, 0.29) is 0 Å². The highest BCUT2D eigenvalue weighted by atomic mass is 16.8. The molecular formula is C21H36O6. The average molecular weight is 385 g/mol. The number of hydrogen-bond acceptors (Lipinski definition) is 6. The first-order valence-corrected chi connectivity index (χ1v) is 10.7. The maximum absolute atomic E-state index is 10.9. The summed E-state index contributed by atoms with van der Waals surface area (Å²) in [5.41, 5.74) is 0.671. The fourth-order valence-corrected chi connectivity index (χ4v) is 4.85. The van der Waals surface area contributed by atoms with Crippen molar-refractivity contribution < 1.29 is 29.9 Å². The van der Waals surface area contributed by atoms with E-state index in [1.54, 1.807) is 0 Å². The van der Waals surface area contributed by atoms with E-state index in [2.05, 4.69) is 19.9 Å². The van der Waals surface area contributed by atoms with Crippen LogP contribution in [0, 0.1) is 11.8 Å². The minimum absolute atomic E-state index is 0.361. The second-order valence-corrected chi connectivity index (χ2v) is 8.46. The van der Waals surface area contributed by atoms with Crippen LogP contribution in [0.4, 0.5) is 0 Å². The Hall–Kier alpha value is -0.500. The third-order valence-electron chi connectivity index (χ3n) is 6.52. The van der Waals surface area contributed by atoms with E-state index in [0.717, 1.165) is 25.7 Å². The lowest BCUT2D eigenvalue weighted by molar-refractivity contribution is -0.176. The Balaban J connectivity index is 1.79. The van der Waals surface area contributed by atoms with Gasteiger partial charge < -0.3 is 29.9 Å². The summed E-state index contributed by atoms with van der Waals surface area (Å²) in [6, 6.07) is 0. The van der Waals surface area contributed by atoms with Crippen LogP contribution in [0.1, 0.15) is 65.2 Å². The number of aliphatic hydroxyl groups excluding tert-OH is 4. The minimum atomic E-state index is -1.19. The molecule has 0 radical (unpaired) electrons. The zero-order valence-corrected chi connectivity index (χ0v) is 16.6. The summed E-state index contributed by atoms with van der Waals surface area (Å²) < 4.78 is 11.6. The van der Waals surface area contributed by atoms with Crippen LogP contribution < -0.4 is 0 Å². The van der Waals surface area contributed by atoms with Gasteiger partial charge in [0, 0.05) is 5.57 Å². The van der Waals surface area contributed by atoms with Gasteiger partial charge in [0.15, 0.2) is 0 Å². The Morgan fingerprint density at radius 2 is 1.74 bits per heavy atom. The molecule has 8 unspecified atom stereocenters. The Labute approximate surface area is 162 Å². The van der Waals surface area contributed by atoms with Crippen LogP contribution in [0.3, 0.4) is 0 Å². The third-order valence-corrected chi connectivity index (χ3v) is 6.52. The number of ether oxygens (including phenoxy) is 2. The fourth-order valence-electron chi connectivity index (χ4n) is 4.85. The number of rotatable bonds is 9. The number of allylic oxidation sites excluding steroid dienone is 1. The molecule has 2 saturated heterocycles. The van der Waals surface area contributed by atoms with Crippen molar-refractivity contribution in [2.24, 2.45) is 11.8 Å². The van der Waals surface area contributed by atoms with E-state index in [1.165, 1.54) is 19.3 Å². The van der Waals surface area contributed by atoms with Gasteiger partial charge in [0.05, 0.1) is 12.7 Å². The maximum atomic E-state index is 10.9. The molecule has 3 rings (SSSR count). The summed E-state index contributed by atoms with van der Waals surface area (Å²) >= 11 is 0. The largest absolute Gasteiger partial charge is 0.394 e. The van der Waals surface area contributed by atoms with Crippen LogP contribution in [0.15, 0.2) is 11.6 Å². The van der Waals surface area contributed by atoms with Gasteiger partial charge in [-0.15, -0.1) is 0 Å². The Morgan fingerprint density at radius 3 is 2.41 bits per heavy atom. The molecule has 6 nitrogen and oxygen atoms in total. The Bertz CT molecular complexity index is 523. The molecule has 0 aromatic heterocycles. The van der Waals surface area contributed by atoms with Crippen molar-refractivity contribution in [1.29, 1.82) is 0 Å². The maximum Gasteiger partial charge on any atom is 0.224 e. The SMILES string of the molecule is CCCCCC1CC(O)C(C23OC(CO)C(O)C(O)C2O3)=CC1CCCC. The van der Waals surface area contributed by atoms with Crippen LogP contribution >= 0.6 is 0 Å². The molecule has 0 spiro atoms. The van der Waals surface area contributed by atoms with Crippen LogP contribution in [-0.2, 0) is 9.47 Å². The minimum Gasteiger partial charge on any atom is -0.394 e.